The Labute approximate surface area is 170 Å². The van der Waals surface area contributed by atoms with Crippen molar-refractivity contribution in [3.05, 3.63) is 89.5 Å². The van der Waals surface area contributed by atoms with Crippen LogP contribution in [0.25, 0.3) is 0 Å². The Morgan fingerprint density at radius 3 is 2.31 bits per heavy atom. The minimum Gasteiger partial charge on any atom is -0.372 e. The molecule has 0 radical (unpaired) electrons. The van der Waals surface area contributed by atoms with E-state index in [-0.39, 0.29) is 6.04 Å². The largest absolute Gasteiger partial charge is 0.372 e. The Morgan fingerprint density at radius 2 is 1.62 bits per heavy atom. The zero-order chi connectivity index (χ0) is 20.0. The number of carbonyl (C=O) groups excluding carboxylic acids is 1. The average molecular weight is 385 g/mol. The molecule has 5 heteroatoms. The molecule has 1 atom stereocenters. The van der Waals surface area contributed by atoms with Gasteiger partial charge in [-0.3, -0.25) is 10.0 Å². The molecule has 3 aromatic carbocycles. The Kier molecular flexibility index (Phi) is 4.25. The van der Waals surface area contributed by atoms with Gasteiger partial charge in [0.2, 0.25) is 0 Å². The van der Waals surface area contributed by atoms with Gasteiger partial charge in [0.05, 0.1) is 17.4 Å². The molecule has 1 aliphatic carbocycles. The minimum absolute atomic E-state index is 0.0351. The molecular weight excluding hydrogens is 362 g/mol. The second-order valence-electron chi connectivity index (χ2n) is 7.71. The van der Waals surface area contributed by atoms with E-state index in [4.69, 9.17) is 0 Å². The highest BCUT2D eigenvalue weighted by Gasteiger charge is 2.36. The quantitative estimate of drug-likeness (QED) is 0.494. The summed E-state index contributed by atoms with van der Waals surface area (Å²) in [7, 11) is 1.34. The maximum absolute atomic E-state index is 12.0. The van der Waals surface area contributed by atoms with Crippen molar-refractivity contribution in [1.82, 2.24) is 5.06 Å². The number of para-hydroxylation sites is 3. The fourth-order valence-electron chi connectivity index (χ4n) is 4.11. The van der Waals surface area contributed by atoms with Gasteiger partial charge in [-0.2, -0.15) is 0 Å². The highest BCUT2D eigenvalue weighted by atomic mass is 16.5. The van der Waals surface area contributed by atoms with Crippen molar-refractivity contribution < 1.29 is 10.0 Å². The van der Waals surface area contributed by atoms with E-state index in [2.05, 4.69) is 58.7 Å². The number of anilines is 3. The molecule has 5 nitrogen and oxygen atoms in total. The first kappa shape index (κ1) is 17.8. The van der Waals surface area contributed by atoms with Crippen LogP contribution in [0.15, 0.2) is 72.8 Å². The molecule has 3 aromatic rings. The summed E-state index contributed by atoms with van der Waals surface area (Å²) < 4.78 is 0. The van der Waals surface area contributed by atoms with E-state index < -0.39 is 5.91 Å². The molecule has 1 fully saturated rings. The number of fused-ring (bicyclic) bond motifs is 2. The number of carbonyl (C=O) groups is 1. The molecule has 2 N–H and O–H groups in total. The summed E-state index contributed by atoms with van der Waals surface area (Å²) in [4.78, 5) is 14.5. The zero-order valence-electron chi connectivity index (χ0n) is 16.2. The monoisotopic (exact) mass is 385 g/mol. The van der Waals surface area contributed by atoms with Gasteiger partial charge in [0, 0.05) is 29.9 Å². The molecule has 0 spiro atoms. The van der Waals surface area contributed by atoms with Gasteiger partial charge in [0.25, 0.3) is 5.91 Å². The van der Waals surface area contributed by atoms with Gasteiger partial charge < -0.3 is 10.2 Å². The first-order valence-electron chi connectivity index (χ1n) is 9.94. The summed E-state index contributed by atoms with van der Waals surface area (Å²) >= 11 is 0. The maximum Gasteiger partial charge on any atom is 0.276 e. The molecule has 29 heavy (non-hydrogen) atoms. The standard InChI is InChI=1S/C24H23N3O2/c1-26(29)24(28)17-12-10-16(11-13-17)23-19-6-2-4-8-21(19)27(18-14-15-18)22-9-5-3-7-20(22)25-23/h2-13,18,23,25,29H,14-15H2,1H3. The molecule has 0 saturated heterocycles. The third-order valence-corrected chi connectivity index (χ3v) is 5.67. The molecule has 1 amide bonds. The van der Waals surface area contributed by atoms with Crippen LogP contribution in [0.5, 0.6) is 0 Å². The molecule has 1 heterocycles. The van der Waals surface area contributed by atoms with Gasteiger partial charge in [-0.05, 0) is 48.7 Å². The molecule has 5 rings (SSSR count). The van der Waals surface area contributed by atoms with Crippen LogP contribution < -0.4 is 10.2 Å². The van der Waals surface area contributed by atoms with E-state index in [0.29, 0.717) is 16.7 Å². The number of hydrogen-bond acceptors (Lipinski definition) is 4. The van der Waals surface area contributed by atoms with Crippen molar-refractivity contribution in [2.45, 2.75) is 24.9 Å². The van der Waals surface area contributed by atoms with Crippen LogP contribution in [0.1, 0.15) is 40.4 Å². The molecule has 0 aromatic heterocycles. The lowest BCUT2D eigenvalue weighted by Gasteiger charge is -2.26. The van der Waals surface area contributed by atoms with Gasteiger partial charge in [-0.1, -0.05) is 42.5 Å². The van der Waals surface area contributed by atoms with Crippen LogP contribution in [0.3, 0.4) is 0 Å². The molecule has 1 saturated carbocycles. The Bertz CT molecular complexity index is 1060. The summed E-state index contributed by atoms with van der Waals surface area (Å²) in [6.07, 6.45) is 2.41. The lowest BCUT2D eigenvalue weighted by molar-refractivity contribution is -0.0374. The van der Waals surface area contributed by atoms with E-state index >= 15 is 0 Å². The van der Waals surface area contributed by atoms with Crippen LogP contribution in [-0.4, -0.2) is 29.3 Å². The van der Waals surface area contributed by atoms with Gasteiger partial charge in [0.15, 0.2) is 0 Å². The number of amides is 1. The van der Waals surface area contributed by atoms with Gasteiger partial charge >= 0.3 is 0 Å². The molecular formula is C24H23N3O2. The van der Waals surface area contributed by atoms with Gasteiger partial charge in [-0.15, -0.1) is 0 Å². The molecule has 2 aliphatic rings. The number of nitrogens with one attached hydrogen (secondary N) is 1. The summed E-state index contributed by atoms with van der Waals surface area (Å²) in [5.41, 5.74) is 6.29. The lowest BCUT2D eigenvalue weighted by Crippen LogP contribution is -2.22. The van der Waals surface area contributed by atoms with Crippen molar-refractivity contribution in [3.63, 3.8) is 0 Å². The molecule has 146 valence electrons. The second-order valence-corrected chi connectivity index (χ2v) is 7.71. The third kappa shape index (κ3) is 3.13. The second kappa shape index (κ2) is 6.94. The zero-order valence-corrected chi connectivity index (χ0v) is 16.2. The number of hydrogen-bond donors (Lipinski definition) is 2. The fraction of sp³-hybridized carbons (Fsp3) is 0.208. The first-order valence-corrected chi connectivity index (χ1v) is 9.94. The highest BCUT2D eigenvalue weighted by molar-refractivity contribution is 5.93. The summed E-state index contributed by atoms with van der Waals surface area (Å²) in [5, 5.41) is 13.8. The van der Waals surface area contributed by atoms with Crippen molar-refractivity contribution >= 4 is 23.0 Å². The Morgan fingerprint density at radius 1 is 0.966 bits per heavy atom. The van der Waals surface area contributed by atoms with Crippen LogP contribution in [0, 0.1) is 0 Å². The SMILES string of the molecule is CN(O)C(=O)c1ccc(C2Nc3ccccc3N(C3CC3)c3ccccc32)cc1. The van der Waals surface area contributed by atoms with Crippen molar-refractivity contribution in [1.29, 1.82) is 0 Å². The first-order chi connectivity index (χ1) is 14.1. The van der Waals surface area contributed by atoms with Crippen molar-refractivity contribution in [3.8, 4) is 0 Å². The van der Waals surface area contributed by atoms with E-state index in [1.165, 1.54) is 36.8 Å². The van der Waals surface area contributed by atoms with Crippen molar-refractivity contribution in [2.75, 3.05) is 17.3 Å². The van der Waals surface area contributed by atoms with E-state index in [1.54, 1.807) is 12.1 Å². The van der Waals surface area contributed by atoms with Gasteiger partial charge in [0.1, 0.15) is 0 Å². The fourth-order valence-corrected chi connectivity index (χ4v) is 4.11. The van der Waals surface area contributed by atoms with Crippen LogP contribution in [0.2, 0.25) is 0 Å². The smallest absolute Gasteiger partial charge is 0.276 e. The normalized spacial score (nSPS) is 17.6. The van der Waals surface area contributed by atoms with E-state index in [9.17, 15) is 10.0 Å². The number of hydroxylamine groups is 2. The number of nitrogens with zero attached hydrogens (tertiary/aromatic N) is 2. The molecule has 1 unspecified atom stereocenters. The van der Waals surface area contributed by atoms with Crippen LogP contribution in [-0.2, 0) is 0 Å². The predicted octanol–water partition coefficient (Wildman–Crippen LogP) is 4.96. The minimum atomic E-state index is -0.420. The predicted molar refractivity (Wildman–Crippen MR) is 114 cm³/mol. The molecule has 0 bridgehead atoms. The van der Waals surface area contributed by atoms with Gasteiger partial charge in [-0.25, -0.2) is 5.06 Å². The van der Waals surface area contributed by atoms with E-state index in [0.717, 1.165) is 11.3 Å². The Balaban J connectivity index is 1.62. The van der Waals surface area contributed by atoms with Crippen molar-refractivity contribution in [2.24, 2.45) is 0 Å². The average Bonchev–Trinajstić information content (AvgIpc) is 3.59. The topological polar surface area (TPSA) is 55.8 Å². The van der Waals surface area contributed by atoms with E-state index in [1.807, 2.05) is 12.1 Å². The molecule has 1 aliphatic heterocycles. The maximum atomic E-state index is 12.0. The summed E-state index contributed by atoms with van der Waals surface area (Å²) in [6.45, 7) is 0. The number of benzene rings is 3. The summed E-state index contributed by atoms with van der Waals surface area (Å²) in [5.74, 6) is -0.420. The highest BCUT2D eigenvalue weighted by Crippen LogP contribution is 2.48. The third-order valence-electron chi connectivity index (χ3n) is 5.67. The Hall–Kier alpha value is -3.31. The summed E-state index contributed by atoms with van der Waals surface area (Å²) in [6, 6.07) is 25.0. The lowest BCUT2D eigenvalue weighted by atomic mass is 9.96. The van der Waals surface area contributed by atoms with Crippen LogP contribution >= 0.6 is 0 Å². The number of rotatable bonds is 3. The van der Waals surface area contributed by atoms with Crippen LogP contribution in [0.4, 0.5) is 17.1 Å².